The van der Waals surface area contributed by atoms with Crippen molar-refractivity contribution in [3.8, 4) is 5.75 Å². The molecule has 1 aliphatic rings. The van der Waals surface area contributed by atoms with Crippen LogP contribution in [-0.4, -0.2) is 38.8 Å². The molecule has 0 aromatic heterocycles. The van der Waals surface area contributed by atoms with E-state index < -0.39 is 15.8 Å². The Balaban J connectivity index is 1.52. The minimum absolute atomic E-state index is 0.0670. The second-order valence-electron chi connectivity index (χ2n) is 7.43. The van der Waals surface area contributed by atoms with Crippen LogP contribution in [0.2, 0.25) is 0 Å². The zero-order valence-corrected chi connectivity index (χ0v) is 17.8. The SMILES string of the molecule is COc1ccccc1CNC(=O)CCC1CCCN(S(=O)(=O)c2ccccc2F)C1. The van der Waals surface area contributed by atoms with Gasteiger partial charge in [0.15, 0.2) is 0 Å². The highest BCUT2D eigenvalue weighted by molar-refractivity contribution is 7.89. The van der Waals surface area contributed by atoms with Gasteiger partial charge in [0.2, 0.25) is 15.9 Å². The second-order valence-corrected chi connectivity index (χ2v) is 9.34. The monoisotopic (exact) mass is 434 g/mol. The van der Waals surface area contributed by atoms with Crippen molar-refractivity contribution in [2.75, 3.05) is 20.2 Å². The summed E-state index contributed by atoms with van der Waals surface area (Å²) in [5.41, 5.74) is 0.896. The molecule has 1 N–H and O–H groups in total. The second kappa shape index (κ2) is 10.0. The molecule has 2 aromatic rings. The van der Waals surface area contributed by atoms with E-state index in [1.807, 2.05) is 24.3 Å². The predicted molar refractivity (Wildman–Crippen MR) is 112 cm³/mol. The van der Waals surface area contributed by atoms with Crippen molar-refractivity contribution in [1.29, 1.82) is 0 Å². The van der Waals surface area contributed by atoms with Crippen molar-refractivity contribution in [2.45, 2.75) is 37.1 Å². The Labute approximate surface area is 177 Å². The maximum Gasteiger partial charge on any atom is 0.245 e. The van der Waals surface area contributed by atoms with E-state index in [9.17, 15) is 17.6 Å². The Morgan fingerprint density at radius 2 is 1.93 bits per heavy atom. The predicted octanol–water partition coefficient (Wildman–Crippen LogP) is 3.33. The highest BCUT2D eigenvalue weighted by Gasteiger charge is 2.32. The van der Waals surface area contributed by atoms with E-state index in [2.05, 4.69) is 5.32 Å². The van der Waals surface area contributed by atoms with Gasteiger partial charge in [0, 0.05) is 31.6 Å². The van der Waals surface area contributed by atoms with Crippen molar-refractivity contribution in [3.05, 3.63) is 59.9 Å². The Morgan fingerprint density at radius 1 is 1.20 bits per heavy atom. The first-order chi connectivity index (χ1) is 14.4. The van der Waals surface area contributed by atoms with Crippen LogP contribution in [0.15, 0.2) is 53.4 Å². The molecule has 0 bridgehead atoms. The molecule has 1 fully saturated rings. The molecule has 162 valence electrons. The highest BCUT2D eigenvalue weighted by Crippen LogP contribution is 2.27. The Kier molecular flexibility index (Phi) is 7.44. The molecule has 2 aromatic carbocycles. The largest absolute Gasteiger partial charge is 0.496 e. The topological polar surface area (TPSA) is 75.7 Å². The van der Waals surface area contributed by atoms with Crippen molar-refractivity contribution >= 4 is 15.9 Å². The minimum atomic E-state index is -3.87. The molecule has 1 saturated heterocycles. The summed E-state index contributed by atoms with van der Waals surface area (Å²) >= 11 is 0. The number of benzene rings is 2. The molecule has 1 aliphatic heterocycles. The van der Waals surface area contributed by atoms with Gasteiger partial charge in [-0.25, -0.2) is 12.8 Å². The molecule has 1 heterocycles. The summed E-state index contributed by atoms with van der Waals surface area (Å²) in [5, 5.41) is 2.89. The van der Waals surface area contributed by atoms with Gasteiger partial charge in [0.25, 0.3) is 0 Å². The molecule has 0 aliphatic carbocycles. The zero-order chi connectivity index (χ0) is 21.6. The van der Waals surface area contributed by atoms with Gasteiger partial charge in [-0.3, -0.25) is 4.79 Å². The van der Waals surface area contributed by atoms with Gasteiger partial charge in [-0.2, -0.15) is 4.31 Å². The van der Waals surface area contributed by atoms with Crippen LogP contribution in [0.1, 0.15) is 31.2 Å². The summed E-state index contributed by atoms with van der Waals surface area (Å²) < 4.78 is 46.2. The molecule has 0 spiro atoms. The Morgan fingerprint density at radius 3 is 2.70 bits per heavy atom. The summed E-state index contributed by atoms with van der Waals surface area (Å²) in [6.07, 6.45) is 2.44. The van der Waals surface area contributed by atoms with E-state index in [0.29, 0.717) is 38.9 Å². The number of rotatable bonds is 8. The van der Waals surface area contributed by atoms with Gasteiger partial charge in [0.1, 0.15) is 16.5 Å². The van der Waals surface area contributed by atoms with Gasteiger partial charge in [-0.05, 0) is 43.4 Å². The lowest BCUT2D eigenvalue weighted by Gasteiger charge is -2.32. The lowest BCUT2D eigenvalue weighted by molar-refractivity contribution is -0.121. The van der Waals surface area contributed by atoms with Gasteiger partial charge in [-0.15, -0.1) is 0 Å². The van der Waals surface area contributed by atoms with Crippen molar-refractivity contribution in [2.24, 2.45) is 5.92 Å². The number of hydrogen-bond donors (Lipinski definition) is 1. The van der Waals surface area contributed by atoms with Gasteiger partial charge in [0.05, 0.1) is 7.11 Å². The molecular weight excluding hydrogens is 407 g/mol. The first kappa shape index (κ1) is 22.2. The number of piperidine rings is 1. The summed E-state index contributed by atoms with van der Waals surface area (Å²) in [6.45, 7) is 1.05. The van der Waals surface area contributed by atoms with Gasteiger partial charge >= 0.3 is 0 Å². The summed E-state index contributed by atoms with van der Waals surface area (Å²) in [7, 11) is -2.29. The fraction of sp³-hybridized carbons (Fsp3) is 0.409. The third-order valence-corrected chi connectivity index (χ3v) is 7.28. The van der Waals surface area contributed by atoms with Crippen molar-refractivity contribution < 1.29 is 22.3 Å². The maximum atomic E-state index is 14.0. The van der Waals surface area contributed by atoms with Crippen LogP contribution >= 0.6 is 0 Å². The number of hydrogen-bond acceptors (Lipinski definition) is 4. The molecule has 6 nitrogen and oxygen atoms in total. The quantitative estimate of drug-likeness (QED) is 0.692. The van der Waals surface area contributed by atoms with E-state index in [-0.39, 0.29) is 16.7 Å². The van der Waals surface area contributed by atoms with E-state index in [1.165, 1.54) is 22.5 Å². The molecule has 1 amide bonds. The number of ether oxygens (including phenoxy) is 1. The first-order valence-electron chi connectivity index (χ1n) is 10.0. The number of nitrogens with zero attached hydrogens (tertiary/aromatic N) is 1. The number of amides is 1. The van der Waals surface area contributed by atoms with E-state index in [4.69, 9.17) is 4.74 Å². The number of para-hydroxylation sites is 1. The average molecular weight is 435 g/mol. The molecule has 3 rings (SSSR count). The fourth-order valence-corrected chi connectivity index (χ4v) is 5.36. The number of methoxy groups -OCH3 is 1. The number of carbonyl (C=O) groups is 1. The van der Waals surface area contributed by atoms with E-state index >= 15 is 0 Å². The summed E-state index contributed by atoms with van der Waals surface area (Å²) in [6, 6.07) is 12.9. The standard InChI is InChI=1S/C22H27FN2O4S/c1-29-20-10-4-2-8-18(20)15-24-22(26)13-12-17-7-6-14-25(16-17)30(27,28)21-11-5-3-9-19(21)23/h2-5,8-11,17H,6-7,12-16H2,1H3,(H,24,26). The minimum Gasteiger partial charge on any atom is -0.496 e. The van der Waals surface area contributed by atoms with Crippen LogP contribution < -0.4 is 10.1 Å². The number of sulfonamides is 1. The van der Waals surface area contributed by atoms with Crippen LogP contribution in [0.5, 0.6) is 5.75 Å². The molecular formula is C22H27FN2O4S. The number of nitrogens with one attached hydrogen (secondary N) is 1. The summed E-state index contributed by atoms with van der Waals surface area (Å²) in [4.78, 5) is 12.0. The van der Waals surface area contributed by atoms with Crippen LogP contribution in [0.25, 0.3) is 0 Å². The average Bonchev–Trinajstić information content (AvgIpc) is 2.76. The van der Waals surface area contributed by atoms with Crippen LogP contribution in [0.3, 0.4) is 0 Å². The van der Waals surface area contributed by atoms with Crippen molar-refractivity contribution in [1.82, 2.24) is 9.62 Å². The molecule has 1 atom stereocenters. The maximum absolute atomic E-state index is 14.0. The van der Waals surface area contributed by atoms with Crippen LogP contribution in [0.4, 0.5) is 4.39 Å². The van der Waals surface area contributed by atoms with Crippen LogP contribution in [0, 0.1) is 11.7 Å². The van der Waals surface area contributed by atoms with Crippen LogP contribution in [-0.2, 0) is 21.4 Å². The first-order valence-corrected chi connectivity index (χ1v) is 11.5. The third kappa shape index (κ3) is 5.37. The molecule has 8 heteroatoms. The normalized spacial score (nSPS) is 17.5. The highest BCUT2D eigenvalue weighted by atomic mass is 32.2. The smallest absolute Gasteiger partial charge is 0.245 e. The Bertz CT molecular complexity index is 981. The number of carbonyl (C=O) groups excluding carboxylic acids is 1. The third-order valence-electron chi connectivity index (χ3n) is 5.38. The van der Waals surface area contributed by atoms with E-state index in [0.717, 1.165) is 23.8 Å². The van der Waals surface area contributed by atoms with Gasteiger partial charge in [-0.1, -0.05) is 30.3 Å². The number of halogens is 1. The van der Waals surface area contributed by atoms with E-state index in [1.54, 1.807) is 7.11 Å². The summed E-state index contributed by atoms with van der Waals surface area (Å²) in [5.74, 6) is -0.0401. The molecule has 0 radical (unpaired) electrons. The zero-order valence-electron chi connectivity index (χ0n) is 17.0. The lowest BCUT2D eigenvalue weighted by atomic mass is 9.94. The molecule has 0 saturated carbocycles. The molecule has 30 heavy (non-hydrogen) atoms. The van der Waals surface area contributed by atoms with Crippen molar-refractivity contribution in [3.63, 3.8) is 0 Å². The van der Waals surface area contributed by atoms with Gasteiger partial charge < -0.3 is 10.1 Å². The fourth-order valence-electron chi connectivity index (χ4n) is 3.74. The molecule has 1 unspecified atom stereocenters. The Hall–Kier alpha value is -2.45. The lowest BCUT2D eigenvalue weighted by Crippen LogP contribution is -2.40.